The Morgan fingerprint density at radius 1 is 1.42 bits per heavy atom. The van der Waals surface area contributed by atoms with Crippen molar-refractivity contribution in [1.82, 2.24) is 9.55 Å². The predicted molar refractivity (Wildman–Crippen MR) is 82.1 cm³/mol. The Kier molecular flexibility index (Phi) is 7.70. The van der Waals surface area contributed by atoms with E-state index in [0.29, 0.717) is 0 Å². The smallest absolute Gasteiger partial charge is 0.392 e. The van der Waals surface area contributed by atoms with Gasteiger partial charge in [0.1, 0.15) is 6.23 Å². The van der Waals surface area contributed by atoms with E-state index in [1.165, 1.54) is 25.5 Å². The molecular weight excluding hydrogens is 347 g/mol. The number of hydrogen-bond acceptors (Lipinski definition) is 7. The standard InChI is InChI=1S/C12H19N2O9P/c1-22-10(5-9(16)7-23-24(19,20)21)14-6-8(3-2-4-15)11(17)13-12(14)18/h2-3,6,9-10,15-16H,4-5,7H2,1H3,(H,13,17,18)(H2,19,20,21)/b3-2+/t9-,10?/m0/s1. The number of aliphatic hydroxyl groups is 2. The van der Waals surface area contributed by atoms with Crippen molar-refractivity contribution >= 4 is 13.9 Å². The third kappa shape index (κ3) is 6.49. The van der Waals surface area contributed by atoms with Crippen LogP contribution in [-0.2, 0) is 13.8 Å². The van der Waals surface area contributed by atoms with E-state index in [0.717, 1.165) is 4.57 Å². The van der Waals surface area contributed by atoms with Crippen LogP contribution in [0.3, 0.4) is 0 Å². The van der Waals surface area contributed by atoms with Gasteiger partial charge in [-0.2, -0.15) is 0 Å². The summed E-state index contributed by atoms with van der Waals surface area (Å²) in [6.07, 6.45) is 1.19. The van der Waals surface area contributed by atoms with Gasteiger partial charge in [-0.3, -0.25) is 18.9 Å². The van der Waals surface area contributed by atoms with Gasteiger partial charge in [-0.15, -0.1) is 0 Å². The molecule has 0 saturated carbocycles. The first-order valence-electron chi connectivity index (χ1n) is 6.71. The molecule has 11 nitrogen and oxygen atoms in total. The minimum atomic E-state index is -4.73. The molecule has 0 amide bonds. The summed E-state index contributed by atoms with van der Waals surface area (Å²) in [5, 5.41) is 18.5. The SMILES string of the molecule is COC(C[C@H](O)COP(=O)(O)O)n1cc(/C=C/CO)c(=O)[nH]c1=O. The number of rotatable bonds is 9. The number of aromatic nitrogens is 2. The zero-order valence-corrected chi connectivity index (χ0v) is 13.6. The highest BCUT2D eigenvalue weighted by Gasteiger charge is 2.22. The Balaban J connectivity index is 2.99. The Hall–Kier alpha value is -1.59. The van der Waals surface area contributed by atoms with E-state index in [9.17, 15) is 19.3 Å². The van der Waals surface area contributed by atoms with Crippen LogP contribution in [0.25, 0.3) is 6.08 Å². The van der Waals surface area contributed by atoms with Gasteiger partial charge in [0.05, 0.1) is 24.9 Å². The minimum Gasteiger partial charge on any atom is -0.392 e. The summed E-state index contributed by atoms with van der Waals surface area (Å²) >= 11 is 0. The van der Waals surface area contributed by atoms with Crippen molar-refractivity contribution in [2.75, 3.05) is 20.3 Å². The van der Waals surface area contributed by atoms with Gasteiger partial charge in [-0.05, 0) is 6.08 Å². The second-order valence-corrected chi connectivity index (χ2v) is 5.94. The van der Waals surface area contributed by atoms with Crippen LogP contribution in [-0.4, -0.2) is 56.0 Å². The topological polar surface area (TPSA) is 171 Å². The normalized spacial score (nSPS) is 14.9. The first kappa shape index (κ1) is 20.5. The van der Waals surface area contributed by atoms with Crippen molar-refractivity contribution in [2.24, 2.45) is 0 Å². The van der Waals surface area contributed by atoms with Crippen molar-refractivity contribution in [3.05, 3.63) is 38.7 Å². The maximum atomic E-state index is 11.9. The van der Waals surface area contributed by atoms with Crippen molar-refractivity contribution in [2.45, 2.75) is 18.8 Å². The van der Waals surface area contributed by atoms with Crippen LogP contribution in [0.1, 0.15) is 18.2 Å². The van der Waals surface area contributed by atoms with Gasteiger partial charge in [-0.25, -0.2) is 9.36 Å². The zero-order valence-electron chi connectivity index (χ0n) is 12.7. The molecule has 0 aliphatic heterocycles. The zero-order chi connectivity index (χ0) is 18.3. The maximum Gasteiger partial charge on any atom is 0.469 e. The van der Waals surface area contributed by atoms with Gasteiger partial charge < -0.3 is 24.7 Å². The molecule has 0 radical (unpaired) electrons. The summed E-state index contributed by atoms with van der Waals surface area (Å²) in [4.78, 5) is 42.8. The summed E-state index contributed by atoms with van der Waals surface area (Å²) in [7, 11) is -3.48. The highest BCUT2D eigenvalue weighted by molar-refractivity contribution is 7.46. The quantitative estimate of drug-likeness (QED) is 0.328. The van der Waals surface area contributed by atoms with Crippen LogP contribution in [0.2, 0.25) is 0 Å². The first-order chi connectivity index (χ1) is 11.2. The van der Waals surface area contributed by atoms with Crippen molar-refractivity contribution in [1.29, 1.82) is 0 Å². The van der Waals surface area contributed by atoms with Crippen LogP contribution in [0.4, 0.5) is 0 Å². The number of ether oxygens (including phenoxy) is 1. The lowest BCUT2D eigenvalue weighted by Gasteiger charge is -2.21. The summed E-state index contributed by atoms with van der Waals surface area (Å²) < 4.78 is 20.9. The van der Waals surface area contributed by atoms with E-state index in [4.69, 9.17) is 19.6 Å². The Morgan fingerprint density at radius 2 is 2.08 bits per heavy atom. The molecule has 1 aromatic heterocycles. The molecule has 2 atom stereocenters. The molecular formula is C12H19N2O9P. The number of hydrogen-bond donors (Lipinski definition) is 5. The molecule has 0 bridgehead atoms. The average Bonchev–Trinajstić information content (AvgIpc) is 2.49. The number of phosphoric ester groups is 1. The second-order valence-electron chi connectivity index (χ2n) is 4.70. The molecule has 5 N–H and O–H groups in total. The molecule has 1 heterocycles. The summed E-state index contributed by atoms with van der Waals surface area (Å²) in [6.45, 7) is -0.968. The van der Waals surface area contributed by atoms with Gasteiger partial charge in [0, 0.05) is 19.7 Å². The number of H-pyrrole nitrogens is 1. The fourth-order valence-electron chi connectivity index (χ4n) is 1.82. The molecule has 24 heavy (non-hydrogen) atoms. The fraction of sp³-hybridized carbons (Fsp3) is 0.500. The molecule has 12 heteroatoms. The largest absolute Gasteiger partial charge is 0.469 e. The fourth-order valence-corrected chi connectivity index (χ4v) is 2.19. The predicted octanol–water partition coefficient (Wildman–Crippen LogP) is -1.45. The van der Waals surface area contributed by atoms with E-state index in [-0.39, 0.29) is 18.6 Å². The Labute approximate surface area is 136 Å². The highest BCUT2D eigenvalue weighted by Crippen LogP contribution is 2.36. The number of aromatic amines is 1. The van der Waals surface area contributed by atoms with Gasteiger partial charge in [0.15, 0.2) is 0 Å². The maximum absolute atomic E-state index is 11.9. The molecule has 1 unspecified atom stereocenters. The minimum absolute atomic E-state index is 0.0756. The van der Waals surface area contributed by atoms with Crippen LogP contribution in [0, 0.1) is 0 Å². The highest BCUT2D eigenvalue weighted by atomic mass is 31.2. The van der Waals surface area contributed by atoms with Gasteiger partial charge in [-0.1, -0.05) is 6.08 Å². The molecule has 0 spiro atoms. The van der Waals surface area contributed by atoms with Gasteiger partial charge in [0.25, 0.3) is 5.56 Å². The molecule has 1 rings (SSSR count). The van der Waals surface area contributed by atoms with Crippen LogP contribution >= 0.6 is 7.82 Å². The van der Waals surface area contributed by atoms with Gasteiger partial charge in [0.2, 0.25) is 0 Å². The number of aliphatic hydroxyl groups excluding tert-OH is 2. The lowest BCUT2D eigenvalue weighted by molar-refractivity contribution is -0.0187. The van der Waals surface area contributed by atoms with E-state index in [1.54, 1.807) is 0 Å². The summed E-state index contributed by atoms with van der Waals surface area (Å²) in [5.74, 6) is 0. The Morgan fingerprint density at radius 3 is 2.62 bits per heavy atom. The molecule has 0 aliphatic rings. The number of methoxy groups -OCH3 is 1. The molecule has 0 aromatic carbocycles. The van der Waals surface area contributed by atoms with E-state index < -0.39 is 38.0 Å². The Bertz CT molecular complexity index is 720. The van der Waals surface area contributed by atoms with Gasteiger partial charge >= 0.3 is 13.5 Å². The average molecular weight is 366 g/mol. The summed E-state index contributed by atoms with van der Waals surface area (Å²) in [6, 6.07) is 0. The van der Waals surface area contributed by atoms with Crippen molar-refractivity contribution < 1.29 is 33.8 Å². The van der Waals surface area contributed by atoms with Crippen molar-refractivity contribution in [3.63, 3.8) is 0 Å². The number of nitrogens with one attached hydrogen (secondary N) is 1. The molecule has 0 saturated heterocycles. The molecule has 1 aromatic rings. The first-order valence-corrected chi connectivity index (χ1v) is 8.24. The van der Waals surface area contributed by atoms with E-state index in [2.05, 4.69) is 9.51 Å². The third-order valence-electron chi connectivity index (χ3n) is 2.89. The lowest BCUT2D eigenvalue weighted by Crippen LogP contribution is -2.35. The van der Waals surface area contributed by atoms with Crippen LogP contribution in [0.15, 0.2) is 21.9 Å². The molecule has 0 aliphatic carbocycles. The second kappa shape index (κ2) is 9.04. The lowest BCUT2D eigenvalue weighted by atomic mass is 10.2. The molecule has 136 valence electrons. The van der Waals surface area contributed by atoms with Crippen molar-refractivity contribution in [3.8, 4) is 0 Å². The van der Waals surface area contributed by atoms with E-state index in [1.807, 2.05) is 0 Å². The van der Waals surface area contributed by atoms with E-state index >= 15 is 0 Å². The summed E-state index contributed by atoms with van der Waals surface area (Å²) in [5.41, 5.74) is -1.39. The van der Waals surface area contributed by atoms with Crippen LogP contribution < -0.4 is 11.2 Å². The van der Waals surface area contributed by atoms with Crippen LogP contribution in [0.5, 0.6) is 0 Å². The number of phosphoric acid groups is 1. The number of nitrogens with zero attached hydrogens (tertiary/aromatic N) is 1. The monoisotopic (exact) mass is 366 g/mol. The molecule has 0 fully saturated rings. The third-order valence-corrected chi connectivity index (χ3v) is 3.37.